The van der Waals surface area contributed by atoms with Crippen molar-refractivity contribution in [2.75, 3.05) is 23.6 Å². The Morgan fingerprint density at radius 2 is 1.65 bits per heavy atom. The summed E-state index contributed by atoms with van der Waals surface area (Å²) in [6, 6.07) is 8.70. The maximum absolute atomic E-state index is 14.0. The highest BCUT2D eigenvalue weighted by atomic mass is 32.2. The van der Waals surface area contributed by atoms with E-state index in [1.54, 1.807) is 11.9 Å². The van der Waals surface area contributed by atoms with Crippen molar-refractivity contribution in [3.05, 3.63) is 65.0 Å². The number of hydrogen-bond acceptors (Lipinski definition) is 4. The lowest BCUT2D eigenvalue weighted by molar-refractivity contribution is 0.0265. The number of carbonyl (C=O) groups is 1. The van der Waals surface area contributed by atoms with Crippen molar-refractivity contribution in [1.82, 2.24) is 9.80 Å². The maximum Gasteiger partial charge on any atom is 0.254 e. The Morgan fingerprint density at radius 1 is 1.03 bits per heavy atom. The molecule has 1 amide bonds. The van der Waals surface area contributed by atoms with Crippen molar-refractivity contribution in [3.8, 4) is 0 Å². The van der Waals surface area contributed by atoms with Crippen LogP contribution in [0.15, 0.2) is 36.4 Å². The van der Waals surface area contributed by atoms with Gasteiger partial charge in [0.2, 0.25) is 0 Å². The summed E-state index contributed by atoms with van der Waals surface area (Å²) < 4.78 is 44.0. The second-order valence-corrected chi connectivity index (χ2v) is 8.89. The predicted molar refractivity (Wildman–Crippen MR) is 120 cm³/mol. The second kappa shape index (κ2) is 10.4. The Balaban J connectivity index is 1.64. The highest BCUT2D eigenvalue weighted by Crippen LogP contribution is 2.23. The third-order valence-electron chi connectivity index (χ3n) is 5.34. The van der Waals surface area contributed by atoms with Gasteiger partial charge in [-0.25, -0.2) is 13.2 Å². The van der Waals surface area contributed by atoms with Crippen LogP contribution in [0, 0.1) is 17.5 Å². The van der Waals surface area contributed by atoms with Gasteiger partial charge in [0, 0.05) is 60.4 Å². The first-order valence-corrected chi connectivity index (χ1v) is 11.4. The van der Waals surface area contributed by atoms with Gasteiger partial charge in [-0.3, -0.25) is 9.69 Å². The summed E-state index contributed by atoms with van der Waals surface area (Å²) in [6.45, 7) is 7.20. The van der Waals surface area contributed by atoms with Gasteiger partial charge in [-0.2, -0.15) is 0 Å². The number of rotatable bonds is 7. The van der Waals surface area contributed by atoms with Gasteiger partial charge < -0.3 is 9.62 Å². The fraction of sp³-hybridized carbons (Fsp3) is 0.435. The molecule has 1 N–H and O–H groups in total. The summed E-state index contributed by atoms with van der Waals surface area (Å²) >= 11 is 1.63. The minimum atomic E-state index is -1.19. The smallest absolute Gasteiger partial charge is 0.254 e. The van der Waals surface area contributed by atoms with E-state index >= 15 is 0 Å². The molecule has 1 fully saturated rings. The SMILES string of the molecule is CCCSNc1ccc(C(=O)N2C(C)CN(Cc3cc(F)c(F)cc3F)CC2C)cc1. The van der Waals surface area contributed by atoms with E-state index < -0.39 is 17.5 Å². The average Bonchev–Trinajstić information content (AvgIpc) is 2.72. The normalized spacial score (nSPS) is 19.5. The Morgan fingerprint density at radius 3 is 2.26 bits per heavy atom. The lowest BCUT2D eigenvalue weighted by atomic mass is 10.0. The van der Waals surface area contributed by atoms with Crippen LogP contribution >= 0.6 is 11.9 Å². The van der Waals surface area contributed by atoms with E-state index in [0.717, 1.165) is 23.9 Å². The number of halogens is 3. The summed E-state index contributed by atoms with van der Waals surface area (Å²) in [5.41, 5.74) is 1.68. The van der Waals surface area contributed by atoms with Gasteiger partial charge in [0.25, 0.3) is 5.91 Å². The molecule has 4 nitrogen and oxygen atoms in total. The second-order valence-electron chi connectivity index (χ2n) is 7.99. The number of amides is 1. The third kappa shape index (κ3) is 5.74. The van der Waals surface area contributed by atoms with Gasteiger partial charge in [0.05, 0.1) is 0 Å². The van der Waals surface area contributed by atoms with Gasteiger partial charge in [-0.15, -0.1) is 0 Å². The molecule has 2 aromatic carbocycles. The van der Waals surface area contributed by atoms with E-state index in [4.69, 9.17) is 0 Å². The van der Waals surface area contributed by atoms with Gasteiger partial charge in [0.1, 0.15) is 5.82 Å². The van der Waals surface area contributed by atoms with E-state index in [9.17, 15) is 18.0 Å². The highest BCUT2D eigenvalue weighted by molar-refractivity contribution is 8.00. The van der Waals surface area contributed by atoms with Crippen LogP contribution in [0.1, 0.15) is 43.1 Å². The third-order valence-corrected chi connectivity index (χ3v) is 6.33. The molecule has 0 spiro atoms. The molecule has 0 saturated carbocycles. The fourth-order valence-corrected chi connectivity index (χ4v) is 4.56. The fourth-order valence-electron chi connectivity index (χ4n) is 3.95. The molecule has 31 heavy (non-hydrogen) atoms. The molecule has 0 radical (unpaired) electrons. The molecule has 1 saturated heterocycles. The van der Waals surface area contributed by atoms with E-state index in [1.165, 1.54) is 0 Å². The van der Waals surface area contributed by atoms with Crippen LogP contribution < -0.4 is 4.72 Å². The van der Waals surface area contributed by atoms with Gasteiger partial charge in [-0.1, -0.05) is 18.9 Å². The summed E-state index contributed by atoms with van der Waals surface area (Å²) in [6.07, 6.45) is 1.08. The molecule has 8 heteroatoms. The molecule has 0 aliphatic carbocycles. The molecule has 2 atom stereocenters. The number of anilines is 1. The lowest BCUT2D eigenvalue weighted by Crippen LogP contribution is -2.58. The summed E-state index contributed by atoms with van der Waals surface area (Å²) in [5, 5.41) is 0. The molecule has 1 heterocycles. The number of hydrogen-bond donors (Lipinski definition) is 1. The van der Waals surface area contributed by atoms with Crippen molar-refractivity contribution in [2.24, 2.45) is 0 Å². The van der Waals surface area contributed by atoms with Crippen LogP contribution in [0.3, 0.4) is 0 Å². The quantitative estimate of drug-likeness (QED) is 0.352. The number of nitrogens with one attached hydrogen (secondary N) is 1. The summed E-state index contributed by atoms with van der Waals surface area (Å²) in [7, 11) is 0. The van der Waals surface area contributed by atoms with Crippen molar-refractivity contribution in [1.29, 1.82) is 0 Å². The molecule has 168 valence electrons. The maximum atomic E-state index is 14.0. The Hall–Kier alpha value is -2.19. The van der Waals surface area contributed by atoms with Crippen LogP contribution in [0.2, 0.25) is 0 Å². The van der Waals surface area contributed by atoms with Crippen LogP contribution in [0.4, 0.5) is 18.9 Å². The topological polar surface area (TPSA) is 35.6 Å². The Kier molecular flexibility index (Phi) is 7.89. The van der Waals surface area contributed by atoms with E-state index in [0.29, 0.717) is 24.7 Å². The standard InChI is InChI=1S/C23H28F3N3OS/c1-4-9-31-27-19-7-5-17(6-8-19)23(30)29-15(2)12-28(13-16(29)3)14-18-10-21(25)22(26)11-20(18)24/h5-8,10-11,15-16,27H,4,9,12-14H2,1-3H3. The molecular formula is C23H28F3N3OS. The number of piperazine rings is 1. The zero-order valence-electron chi connectivity index (χ0n) is 18.0. The van der Waals surface area contributed by atoms with Gasteiger partial charge >= 0.3 is 0 Å². The highest BCUT2D eigenvalue weighted by Gasteiger charge is 2.33. The Bertz CT molecular complexity index is 898. The lowest BCUT2D eigenvalue weighted by Gasteiger charge is -2.44. The molecular weight excluding hydrogens is 423 g/mol. The van der Waals surface area contributed by atoms with Gasteiger partial charge in [0.15, 0.2) is 11.6 Å². The Labute approximate surface area is 185 Å². The van der Waals surface area contributed by atoms with Crippen LogP contribution in [-0.4, -0.2) is 46.6 Å². The molecule has 2 unspecified atom stereocenters. The average molecular weight is 452 g/mol. The zero-order chi connectivity index (χ0) is 22.5. The van der Waals surface area contributed by atoms with Gasteiger partial charge in [-0.05, 0) is 50.6 Å². The van der Waals surface area contributed by atoms with Crippen molar-refractivity contribution < 1.29 is 18.0 Å². The first kappa shape index (κ1) is 23.5. The first-order chi connectivity index (χ1) is 14.8. The molecule has 2 aromatic rings. The molecule has 0 aromatic heterocycles. The van der Waals surface area contributed by atoms with Crippen molar-refractivity contribution >= 4 is 23.5 Å². The predicted octanol–water partition coefficient (Wildman–Crippen LogP) is 5.31. The van der Waals surface area contributed by atoms with Crippen LogP contribution in [0.25, 0.3) is 0 Å². The monoisotopic (exact) mass is 451 g/mol. The van der Waals surface area contributed by atoms with Crippen LogP contribution in [-0.2, 0) is 6.54 Å². The molecule has 3 rings (SSSR count). The summed E-state index contributed by atoms with van der Waals surface area (Å²) in [5.74, 6) is -2.05. The minimum Gasteiger partial charge on any atom is -0.331 e. The molecule has 1 aliphatic rings. The largest absolute Gasteiger partial charge is 0.331 e. The van der Waals surface area contributed by atoms with E-state index in [2.05, 4.69) is 11.6 Å². The van der Waals surface area contributed by atoms with E-state index in [-0.39, 0.29) is 30.1 Å². The number of carbonyl (C=O) groups excluding carboxylic acids is 1. The van der Waals surface area contributed by atoms with E-state index in [1.807, 2.05) is 47.9 Å². The molecule has 1 aliphatic heterocycles. The van der Waals surface area contributed by atoms with Crippen molar-refractivity contribution in [3.63, 3.8) is 0 Å². The number of nitrogens with zero attached hydrogens (tertiary/aromatic N) is 2. The number of benzene rings is 2. The minimum absolute atomic E-state index is 0.0496. The zero-order valence-corrected chi connectivity index (χ0v) is 18.8. The molecule has 0 bridgehead atoms. The first-order valence-electron chi connectivity index (χ1n) is 10.5. The van der Waals surface area contributed by atoms with Crippen LogP contribution in [0.5, 0.6) is 0 Å². The van der Waals surface area contributed by atoms with Crippen molar-refractivity contribution in [2.45, 2.75) is 45.8 Å². The summed E-state index contributed by atoms with van der Waals surface area (Å²) in [4.78, 5) is 16.9.